The molecule has 0 spiro atoms. The van der Waals surface area contributed by atoms with Gasteiger partial charge in [-0.1, -0.05) is 13.3 Å². The molecule has 0 heterocycles. The molecular formula is C10H21N3. The highest BCUT2D eigenvalue weighted by Crippen LogP contribution is 2.27. The number of hydrogen-bond acceptors (Lipinski definition) is 2. The van der Waals surface area contributed by atoms with Crippen molar-refractivity contribution in [3.8, 4) is 0 Å². The van der Waals surface area contributed by atoms with E-state index in [1.807, 2.05) is 6.92 Å². The van der Waals surface area contributed by atoms with Crippen molar-refractivity contribution in [1.82, 2.24) is 4.90 Å². The maximum Gasteiger partial charge on any atom is 0.108 e. The molecule has 0 radical (unpaired) electrons. The first kappa shape index (κ1) is 10.5. The van der Waals surface area contributed by atoms with E-state index in [1.54, 1.807) is 0 Å². The standard InChI is InChI=1S/C10H21N3/c1-3-13(8(2)10(11)12)7-9-5-4-6-9/h8-9H,3-7H2,1-2H3,(H3,11,12). The van der Waals surface area contributed by atoms with E-state index in [-0.39, 0.29) is 6.04 Å². The third-order valence-corrected chi connectivity index (χ3v) is 3.12. The van der Waals surface area contributed by atoms with Crippen LogP contribution in [0.15, 0.2) is 0 Å². The molecule has 3 nitrogen and oxygen atoms in total. The van der Waals surface area contributed by atoms with E-state index in [0.717, 1.165) is 19.0 Å². The van der Waals surface area contributed by atoms with Crippen LogP contribution in [-0.2, 0) is 0 Å². The highest BCUT2D eigenvalue weighted by Gasteiger charge is 2.23. The number of likely N-dealkylation sites (N-methyl/N-ethyl adjacent to an activating group) is 1. The highest BCUT2D eigenvalue weighted by atomic mass is 15.2. The summed E-state index contributed by atoms with van der Waals surface area (Å²) in [6, 6.07) is 0.116. The molecule has 0 aliphatic heterocycles. The molecule has 0 aromatic carbocycles. The normalized spacial score (nSPS) is 19.9. The van der Waals surface area contributed by atoms with E-state index in [4.69, 9.17) is 11.1 Å². The summed E-state index contributed by atoms with van der Waals surface area (Å²) >= 11 is 0. The third kappa shape index (κ3) is 2.69. The van der Waals surface area contributed by atoms with E-state index in [9.17, 15) is 0 Å². The van der Waals surface area contributed by atoms with Gasteiger partial charge in [-0.25, -0.2) is 0 Å². The fourth-order valence-corrected chi connectivity index (χ4v) is 1.76. The van der Waals surface area contributed by atoms with Gasteiger partial charge in [-0.05, 0) is 32.2 Å². The summed E-state index contributed by atoms with van der Waals surface area (Å²) in [4.78, 5) is 2.30. The number of nitrogens with zero attached hydrogens (tertiary/aromatic N) is 1. The maximum atomic E-state index is 7.39. The first-order chi connectivity index (χ1) is 6.15. The van der Waals surface area contributed by atoms with E-state index in [2.05, 4.69) is 11.8 Å². The van der Waals surface area contributed by atoms with E-state index < -0.39 is 0 Å². The zero-order valence-corrected chi connectivity index (χ0v) is 8.71. The second kappa shape index (κ2) is 4.61. The fraction of sp³-hybridized carbons (Fsp3) is 0.900. The Labute approximate surface area is 80.8 Å². The molecule has 1 aliphatic carbocycles. The molecule has 76 valence electrons. The van der Waals surface area contributed by atoms with Crippen LogP contribution in [0.5, 0.6) is 0 Å². The van der Waals surface area contributed by atoms with Crippen LogP contribution in [0.1, 0.15) is 33.1 Å². The van der Waals surface area contributed by atoms with Crippen molar-refractivity contribution in [3.63, 3.8) is 0 Å². The lowest BCUT2D eigenvalue weighted by molar-refractivity contribution is 0.171. The summed E-state index contributed by atoms with van der Waals surface area (Å²) in [5.74, 6) is 1.16. The van der Waals surface area contributed by atoms with Gasteiger partial charge in [0.2, 0.25) is 0 Å². The predicted octanol–water partition coefficient (Wildman–Crippen LogP) is 1.43. The summed E-state index contributed by atoms with van der Waals surface area (Å²) in [6.45, 7) is 6.27. The Morgan fingerprint density at radius 2 is 2.23 bits per heavy atom. The average molecular weight is 183 g/mol. The van der Waals surface area contributed by atoms with Crippen molar-refractivity contribution < 1.29 is 0 Å². The minimum absolute atomic E-state index is 0.116. The number of amidine groups is 1. The predicted molar refractivity (Wildman–Crippen MR) is 56.0 cm³/mol. The van der Waals surface area contributed by atoms with Crippen LogP contribution in [0.4, 0.5) is 0 Å². The van der Waals surface area contributed by atoms with Gasteiger partial charge < -0.3 is 5.73 Å². The van der Waals surface area contributed by atoms with Crippen LogP contribution in [0.25, 0.3) is 0 Å². The Balaban J connectivity index is 2.36. The molecule has 0 bridgehead atoms. The van der Waals surface area contributed by atoms with Gasteiger partial charge in [-0.15, -0.1) is 0 Å². The average Bonchev–Trinajstić information content (AvgIpc) is 2.02. The Morgan fingerprint density at radius 1 is 1.62 bits per heavy atom. The Hall–Kier alpha value is -0.570. The molecule has 1 atom stereocenters. The molecule has 1 fully saturated rings. The number of rotatable bonds is 5. The Bertz CT molecular complexity index is 175. The first-order valence-electron chi connectivity index (χ1n) is 5.23. The van der Waals surface area contributed by atoms with Crippen LogP contribution in [-0.4, -0.2) is 29.9 Å². The number of nitrogens with two attached hydrogens (primary N) is 1. The molecule has 1 rings (SSSR count). The zero-order chi connectivity index (χ0) is 9.84. The molecule has 0 saturated heterocycles. The molecule has 0 aromatic rings. The van der Waals surface area contributed by atoms with Crippen LogP contribution in [0.2, 0.25) is 0 Å². The monoisotopic (exact) mass is 183 g/mol. The van der Waals surface area contributed by atoms with E-state index >= 15 is 0 Å². The van der Waals surface area contributed by atoms with Gasteiger partial charge >= 0.3 is 0 Å². The molecule has 0 amide bonds. The van der Waals surface area contributed by atoms with Crippen molar-refractivity contribution in [2.24, 2.45) is 11.7 Å². The van der Waals surface area contributed by atoms with Gasteiger partial charge in [0.1, 0.15) is 5.84 Å². The molecule has 0 aromatic heterocycles. The van der Waals surface area contributed by atoms with Crippen LogP contribution < -0.4 is 5.73 Å². The molecule has 1 unspecified atom stereocenters. The minimum Gasteiger partial charge on any atom is -0.386 e. The van der Waals surface area contributed by atoms with Crippen molar-refractivity contribution in [2.45, 2.75) is 39.2 Å². The van der Waals surface area contributed by atoms with Crippen LogP contribution in [0, 0.1) is 11.3 Å². The lowest BCUT2D eigenvalue weighted by Crippen LogP contribution is -2.45. The second-order valence-electron chi connectivity index (χ2n) is 4.02. The number of hydrogen-bond donors (Lipinski definition) is 2. The van der Waals surface area contributed by atoms with Crippen LogP contribution >= 0.6 is 0 Å². The van der Waals surface area contributed by atoms with Gasteiger partial charge in [-0.2, -0.15) is 0 Å². The van der Waals surface area contributed by atoms with Crippen molar-refractivity contribution >= 4 is 5.84 Å². The first-order valence-corrected chi connectivity index (χ1v) is 5.23. The van der Waals surface area contributed by atoms with E-state index in [1.165, 1.54) is 19.3 Å². The van der Waals surface area contributed by atoms with Crippen molar-refractivity contribution in [1.29, 1.82) is 5.41 Å². The largest absolute Gasteiger partial charge is 0.386 e. The van der Waals surface area contributed by atoms with Gasteiger partial charge in [0.25, 0.3) is 0 Å². The number of nitrogens with one attached hydrogen (secondary N) is 1. The van der Waals surface area contributed by atoms with Crippen molar-refractivity contribution in [3.05, 3.63) is 0 Å². The van der Waals surface area contributed by atoms with Crippen LogP contribution in [0.3, 0.4) is 0 Å². The molecule has 3 heteroatoms. The fourth-order valence-electron chi connectivity index (χ4n) is 1.76. The summed E-state index contributed by atoms with van der Waals surface area (Å²) in [6.07, 6.45) is 4.11. The lowest BCUT2D eigenvalue weighted by atomic mass is 9.85. The summed E-state index contributed by atoms with van der Waals surface area (Å²) < 4.78 is 0. The third-order valence-electron chi connectivity index (χ3n) is 3.12. The maximum absolute atomic E-state index is 7.39. The summed E-state index contributed by atoms with van der Waals surface area (Å²) in [7, 11) is 0. The smallest absolute Gasteiger partial charge is 0.108 e. The molecule has 1 saturated carbocycles. The van der Waals surface area contributed by atoms with Gasteiger partial charge in [0, 0.05) is 6.54 Å². The summed E-state index contributed by atoms with van der Waals surface area (Å²) in [5, 5.41) is 7.39. The van der Waals surface area contributed by atoms with Gasteiger partial charge in [0.05, 0.1) is 6.04 Å². The molecular weight excluding hydrogens is 162 g/mol. The van der Waals surface area contributed by atoms with Gasteiger partial charge in [0.15, 0.2) is 0 Å². The topological polar surface area (TPSA) is 53.1 Å². The van der Waals surface area contributed by atoms with Crippen molar-refractivity contribution in [2.75, 3.05) is 13.1 Å². The molecule has 3 N–H and O–H groups in total. The Morgan fingerprint density at radius 3 is 2.54 bits per heavy atom. The Kier molecular flexibility index (Phi) is 3.72. The molecule has 13 heavy (non-hydrogen) atoms. The quantitative estimate of drug-likeness (QED) is 0.500. The zero-order valence-electron chi connectivity index (χ0n) is 8.71. The highest BCUT2D eigenvalue weighted by molar-refractivity contribution is 5.82. The second-order valence-corrected chi connectivity index (χ2v) is 4.02. The summed E-state index contributed by atoms with van der Waals surface area (Å²) in [5.41, 5.74) is 5.49. The SMILES string of the molecule is CCN(CC1CCC1)C(C)C(=N)N. The minimum atomic E-state index is 0.116. The molecule has 1 aliphatic rings. The lowest BCUT2D eigenvalue weighted by Gasteiger charge is -2.34. The van der Waals surface area contributed by atoms with E-state index in [0.29, 0.717) is 5.84 Å². The van der Waals surface area contributed by atoms with Gasteiger partial charge in [-0.3, -0.25) is 10.3 Å².